The summed E-state index contributed by atoms with van der Waals surface area (Å²) in [6.45, 7) is 7.53. The molecule has 1 aliphatic heterocycles. The van der Waals surface area contributed by atoms with E-state index >= 15 is 0 Å². The second kappa shape index (κ2) is 12.5. The molecule has 0 radical (unpaired) electrons. The SMILES string of the molecule is CC(C)(C)C(=O)N(CCCCCCN1C[C@H](O)[C@@H](O)[C@H](O)[C@H]1CO)C1CCCCCC1. The Bertz CT molecular complexity index is 531. The largest absolute Gasteiger partial charge is 0.395 e. The molecule has 0 aromatic rings. The Hall–Kier alpha value is -0.730. The fraction of sp³-hybridized carbons (Fsp3) is 0.958. The molecular weight excluding hydrogens is 396 g/mol. The molecule has 7 heteroatoms. The number of rotatable bonds is 9. The molecule has 0 aromatic heterocycles. The third-order valence-corrected chi connectivity index (χ3v) is 6.98. The van der Waals surface area contributed by atoms with Gasteiger partial charge in [-0.3, -0.25) is 9.69 Å². The van der Waals surface area contributed by atoms with Crippen molar-refractivity contribution in [1.29, 1.82) is 0 Å². The molecule has 1 amide bonds. The molecule has 4 atom stereocenters. The third kappa shape index (κ3) is 7.67. The minimum atomic E-state index is -1.20. The van der Waals surface area contributed by atoms with Gasteiger partial charge in [-0.2, -0.15) is 0 Å². The summed E-state index contributed by atoms with van der Waals surface area (Å²) in [4.78, 5) is 17.1. The van der Waals surface area contributed by atoms with E-state index in [1.54, 1.807) is 0 Å². The molecule has 4 N–H and O–H groups in total. The van der Waals surface area contributed by atoms with Gasteiger partial charge >= 0.3 is 0 Å². The van der Waals surface area contributed by atoms with E-state index in [-0.39, 0.29) is 24.5 Å². The van der Waals surface area contributed by atoms with Crippen molar-refractivity contribution in [3.8, 4) is 0 Å². The van der Waals surface area contributed by atoms with E-state index in [0.717, 1.165) is 45.1 Å². The molecule has 31 heavy (non-hydrogen) atoms. The van der Waals surface area contributed by atoms with Gasteiger partial charge in [0.1, 0.15) is 12.2 Å². The first-order valence-corrected chi connectivity index (χ1v) is 12.4. The molecule has 1 saturated heterocycles. The standard InChI is InChI=1S/C24H46N2O5/c1-24(2,3)23(31)26(18-12-8-4-5-9-13-18)15-11-7-6-10-14-25-16-20(28)22(30)21(29)19(25)17-27/h18-22,27-30H,4-17H2,1-3H3/t19-,20+,21-,22-/m1/s1. The van der Waals surface area contributed by atoms with Crippen molar-refractivity contribution in [2.45, 2.75) is 115 Å². The van der Waals surface area contributed by atoms with Gasteiger partial charge in [0.15, 0.2) is 0 Å². The fourth-order valence-corrected chi connectivity index (χ4v) is 5.04. The normalized spacial score (nSPS) is 29.0. The Kier molecular flexibility index (Phi) is 10.7. The maximum Gasteiger partial charge on any atom is 0.228 e. The molecule has 0 bridgehead atoms. The number of carbonyl (C=O) groups excluding carboxylic acids is 1. The Labute approximate surface area is 188 Å². The van der Waals surface area contributed by atoms with Crippen LogP contribution >= 0.6 is 0 Å². The highest BCUT2D eigenvalue weighted by Gasteiger charge is 2.40. The number of aliphatic hydroxyl groups excluding tert-OH is 4. The fourth-order valence-electron chi connectivity index (χ4n) is 5.04. The Morgan fingerprint density at radius 2 is 1.55 bits per heavy atom. The summed E-state index contributed by atoms with van der Waals surface area (Å²) < 4.78 is 0. The van der Waals surface area contributed by atoms with Crippen molar-refractivity contribution < 1.29 is 25.2 Å². The predicted octanol–water partition coefficient (Wildman–Crippen LogP) is 1.90. The van der Waals surface area contributed by atoms with Crippen molar-refractivity contribution in [2.75, 3.05) is 26.2 Å². The lowest BCUT2D eigenvalue weighted by atomic mass is 9.92. The molecule has 7 nitrogen and oxygen atoms in total. The van der Waals surface area contributed by atoms with E-state index in [9.17, 15) is 25.2 Å². The summed E-state index contributed by atoms with van der Waals surface area (Å²) in [6, 6.07) is -0.157. The van der Waals surface area contributed by atoms with E-state index in [1.165, 1.54) is 25.7 Å². The van der Waals surface area contributed by atoms with E-state index in [0.29, 0.717) is 12.6 Å². The molecule has 1 heterocycles. The summed E-state index contributed by atoms with van der Waals surface area (Å²) in [7, 11) is 0. The van der Waals surface area contributed by atoms with Crippen molar-refractivity contribution in [3.63, 3.8) is 0 Å². The van der Waals surface area contributed by atoms with Crippen LogP contribution in [0.2, 0.25) is 0 Å². The quantitative estimate of drug-likeness (QED) is 0.321. The van der Waals surface area contributed by atoms with Crippen molar-refractivity contribution in [3.05, 3.63) is 0 Å². The molecule has 2 aliphatic rings. The summed E-state index contributed by atoms with van der Waals surface area (Å²) in [5, 5.41) is 39.4. The van der Waals surface area contributed by atoms with Crippen LogP contribution in [-0.4, -0.2) is 92.8 Å². The summed E-state index contributed by atoms with van der Waals surface area (Å²) >= 11 is 0. The van der Waals surface area contributed by atoms with Gasteiger partial charge in [0.2, 0.25) is 5.91 Å². The average Bonchev–Trinajstić information content (AvgIpc) is 3.00. The molecule has 1 aliphatic carbocycles. The lowest BCUT2D eigenvalue weighted by molar-refractivity contribution is -0.145. The van der Waals surface area contributed by atoms with Gasteiger partial charge in [0.05, 0.1) is 18.8 Å². The number of β-amino-alcohol motifs (C(OH)–C–C–N with tert-alkyl or cyclic N) is 1. The van der Waals surface area contributed by atoms with Crippen LogP contribution in [0.5, 0.6) is 0 Å². The molecule has 2 rings (SSSR count). The average molecular weight is 443 g/mol. The zero-order valence-electron chi connectivity index (χ0n) is 19.9. The number of nitrogens with zero attached hydrogens (tertiary/aromatic N) is 2. The zero-order valence-corrected chi connectivity index (χ0v) is 19.9. The van der Waals surface area contributed by atoms with E-state index in [4.69, 9.17) is 0 Å². The Morgan fingerprint density at radius 1 is 0.935 bits per heavy atom. The molecule has 1 saturated carbocycles. The Morgan fingerprint density at radius 3 is 2.13 bits per heavy atom. The minimum absolute atomic E-state index is 0.240. The van der Waals surface area contributed by atoms with Gasteiger partial charge in [0.25, 0.3) is 0 Å². The van der Waals surface area contributed by atoms with Crippen molar-refractivity contribution in [1.82, 2.24) is 9.80 Å². The summed E-state index contributed by atoms with van der Waals surface area (Å²) in [5.74, 6) is 0.264. The van der Waals surface area contributed by atoms with E-state index < -0.39 is 24.4 Å². The minimum Gasteiger partial charge on any atom is -0.395 e. The first-order chi connectivity index (χ1) is 14.7. The van der Waals surface area contributed by atoms with Crippen LogP contribution in [0.4, 0.5) is 0 Å². The van der Waals surface area contributed by atoms with Crippen molar-refractivity contribution >= 4 is 5.91 Å². The van der Waals surface area contributed by atoms with Crippen LogP contribution in [0, 0.1) is 5.41 Å². The topological polar surface area (TPSA) is 104 Å². The lowest BCUT2D eigenvalue weighted by Gasteiger charge is -2.43. The molecule has 182 valence electrons. The summed E-state index contributed by atoms with van der Waals surface area (Å²) in [5.41, 5.74) is -0.355. The first kappa shape index (κ1) is 26.5. The van der Waals surface area contributed by atoms with Crippen LogP contribution < -0.4 is 0 Å². The molecule has 0 spiro atoms. The number of piperidine rings is 1. The molecule has 0 aromatic carbocycles. The number of carbonyl (C=O) groups is 1. The number of hydrogen-bond acceptors (Lipinski definition) is 6. The highest BCUT2D eigenvalue weighted by Crippen LogP contribution is 2.27. The maximum atomic E-state index is 13.1. The van der Waals surface area contributed by atoms with Gasteiger partial charge in [-0.25, -0.2) is 0 Å². The van der Waals surface area contributed by atoms with Gasteiger partial charge < -0.3 is 25.3 Å². The monoisotopic (exact) mass is 442 g/mol. The third-order valence-electron chi connectivity index (χ3n) is 6.98. The number of likely N-dealkylation sites (tertiary alicyclic amines) is 1. The Balaban J connectivity index is 1.78. The highest BCUT2D eigenvalue weighted by atomic mass is 16.4. The van der Waals surface area contributed by atoms with Crippen molar-refractivity contribution in [2.24, 2.45) is 5.41 Å². The predicted molar refractivity (Wildman–Crippen MR) is 122 cm³/mol. The van der Waals surface area contributed by atoms with Crippen LogP contribution in [-0.2, 0) is 4.79 Å². The highest BCUT2D eigenvalue weighted by molar-refractivity contribution is 5.81. The van der Waals surface area contributed by atoms with Crippen LogP contribution in [0.3, 0.4) is 0 Å². The van der Waals surface area contributed by atoms with Crippen LogP contribution in [0.15, 0.2) is 0 Å². The van der Waals surface area contributed by atoms with Gasteiger partial charge in [-0.05, 0) is 32.2 Å². The lowest BCUT2D eigenvalue weighted by Crippen LogP contribution is -2.62. The number of unbranched alkanes of at least 4 members (excludes halogenated alkanes) is 3. The second-order valence-corrected chi connectivity index (χ2v) is 10.6. The first-order valence-electron chi connectivity index (χ1n) is 12.4. The zero-order chi connectivity index (χ0) is 23.0. The van der Waals surface area contributed by atoms with E-state index in [1.807, 2.05) is 25.7 Å². The van der Waals surface area contributed by atoms with Crippen LogP contribution in [0.1, 0.15) is 85.0 Å². The molecular formula is C24H46N2O5. The molecule has 0 unspecified atom stereocenters. The molecule has 2 fully saturated rings. The number of aliphatic hydroxyl groups is 4. The smallest absolute Gasteiger partial charge is 0.228 e. The number of hydrogen-bond donors (Lipinski definition) is 4. The second-order valence-electron chi connectivity index (χ2n) is 10.6. The maximum absolute atomic E-state index is 13.1. The van der Waals surface area contributed by atoms with Gasteiger partial charge in [-0.15, -0.1) is 0 Å². The van der Waals surface area contributed by atoms with Crippen LogP contribution in [0.25, 0.3) is 0 Å². The summed E-state index contributed by atoms with van der Waals surface area (Å²) in [6.07, 6.45) is 7.78. The van der Waals surface area contributed by atoms with Gasteiger partial charge in [0, 0.05) is 24.5 Å². The van der Waals surface area contributed by atoms with E-state index in [2.05, 4.69) is 4.90 Å². The van der Waals surface area contributed by atoms with Gasteiger partial charge in [-0.1, -0.05) is 59.3 Å². The number of amides is 1.